The lowest BCUT2D eigenvalue weighted by molar-refractivity contribution is -0.680. The van der Waals surface area contributed by atoms with Crippen molar-refractivity contribution < 1.29 is 22.7 Å². The molecule has 0 atom stereocenters. The molecule has 0 fully saturated rings. The van der Waals surface area contributed by atoms with E-state index in [9.17, 15) is 18.2 Å². The number of hydrogen-bond acceptors (Lipinski definition) is 4. The van der Waals surface area contributed by atoms with Crippen molar-refractivity contribution >= 4 is 21.2 Å². The van der Waals surface area contributed by atoms with Gasteiger partial charge in [-0.3, -0.25) is 0 Å². The smallest absolute Gasteiger partial charge is 0.294 e. The number of hydrogen-bond donors (Lipinski definition) is 1. The summed E-state index contributed by atoms with van der Waals surface area (Å²) in [5, 5.41) is 9.91. The SMILES string of the molecule is Cc1n(O)c2ccccc2[n+]1CCCCS(=O)(=O)[O-]. The maximum atomic E-state index is 10.5. The van der Waals surface area contributed by atoms with Gasteiger partial charge in [0.15, 0.2) is 5.52 Å². The lowest BCUT2D eigenvalue weighted by Crippen LogP contribution is -2.36. The zero-order valence-corrected chi connectivity index (χ0v) is 11.4. The zero-order chi connectivity index (χ0) is 14.0. The monoisotopic (exact) mass is 284 g/mol. The van der Waals surface area contributed by atoms with Crippen LogP contribution in [0.2, 0.25) is 0 Å². The average molecular weight is 284 g/mol. The highest BCUT2D eigenvalue weighted by molar-refractivity contribution is 7.85. The largest absolute Gasteiger partial charge is 0.748 e. The van der Waals surface area contributed by atoms with E-state index in [-0.39, 0.29) is 5.75 Å². The van der Waals surface area contributed by atoms with Crippen LogP contribution < -0.4 is 4.57 Å². The van der Waals surface area contributed by atoms with Gasteiger partial charge in [0.05, 0.1) is 16.7 Å². The summed E-state index contributed by atoms with van der Waals surface area (Å²) in [6.07, 6.45) is 0.893. The standard InChI is InChI=1S/C12H16N2O4S/c1-10-13(8-4-5-9-19(16,17)18)11-6-2-3-7-12(11)14(10)15/h2-3,6-7H,4-5,8-9H2,1H3,(H-,15,16,17,18). The zero-order valence-electron chi connectivity index (χ0n) is 10.6. The van der Waals surface area contributed by atoms with Crippen molar-refractivity contribution in [2.24, 2.45) is 0 Å². The topological polar surface area (TPSA) is 86.2 Å². The Bertz CT molecular complexity index is 691. The number of aromatic nitrogens is 2. The average Bonchev–Trinajstić information content (AvgIpc) is 2.58. The molecular formula is C12H16N2O4S. The Morgan fingerprint density at radius 1 is 1.32 bits per heavy atom. The Morgan fingerprint density at radius 2 is 2.00 bits per heavy atom. The van der Waals surface area contributed by atoms with Crippen molar-refractivity contribution in [1.29, 1.82) is 0 Å². The summed E-state index contributed by atoms with van der Waals surface area (Å²) >= 11 is 0. The Labute approximate surface area is 111 Å². The number of rotatable bonds is 5. The fourth-order valence-electron chi connectivity index (χ4n) is 2.17. The molecule has 0 saturated carbocycles. The molecule has 19 heavy (non-hydrogen) atoms. The minimum Gasteiger partial charge on any atom is -0.748 e. The van der Waals surface area contributed by atoms with Crippen molar-refractivity contribution in [2.45, 2.75) is 26.3 Å². The molecule has 2 aromatic rings. The highest BCUT2D eigenvalue weighted by atomic mass is 32.2. The quantitative estimate of drug-likeness (QED) is 0.381. The number of para-hydroxylation sites is 2. The summed E-state index contributed by atoms with van der Waals surface area (Å²) in [6.45, 7) is 2.35. The maximum absolute atomic E-state index is 10.5. The first-order valence-corrected chi connectivity index (χ1v) is 7.60. The fourth-order valence-corrected chi connectivity index (χ4v) is 2.72. The number of imidazole rings is 1. The molecule has 0 aliphatic carbocycles. The third-order valence-electron chi connectivity index (χ3n) is 3.12. The van der Waals surface area contributed by atoms with Crippen LogP contribution in [0.4, 0.5) is 0 Å². The van der Waals surface area contributed by atoms with Gasteiger partial charge in [0.25, 0.3) is 5.82 Å². The van der Waals surface area contributed by atoms with Crippen LogP contribution in [0.25, 0.3) is 11.0 Å². The minimum atomic E-state index is -4.14. The molecule has 0 aliphatic rings. The van der Waals surface area contributed by atoms with E-state index in [4.69, 9.17) is 0 Å². The summed E-state index contributed by atoms with van der Waals surface area (Å²) < 4.78 is 34.6. The third kappa shape index (κ3) is 3.05. The van der Waals surface area contributed by atoms with Crippen molar-refractivity contribution in [3.63, 3.8) is 0 Å². The number of benzene rings is 1. The van der Waals surface area contributed by atoms with E-state index in [1.165, 1.54) is 0 Å². The van der Waals surface area contributed by atoms with Gasteiger partial charge in [-0.15, -0.1) is 0 Å². The summed E-state index contributed by atoms with van der Waals surface area (Å²) in [6, 6.07) is 7.41. The van der Waals surface area contributed by atoms with Gasteiger partial charge in [0.2, 0.25) is 5.52 Å². The van der Waals surface area contributed by atoms with E-state index >= 15 is 0 Å². The third-order valence-corrected chi connectivity index (χ3v) is 3.91. The molecular weight excluding hydrogens is 268 g/mol. The lowest BCUT2D eigenvalue weighted by atomic mass is 10.3. The summed E-state index contributed by atoms with van der Waals surface area (Å²) in [4.78, 5) is 0. The molecule has 0 saturated heterocycles. The normalized spacial score (nSPS) is 12.1. The van der Waals surface area contributed by atoms with E-state index in [1.807, 2.05) is 22.8 Å². The van der Waals surface area contributed by atoms with E-state index in [2.05, 4.69) is 0 Å². The molecule has 0 aliphatic heterocycles. The van der Waals surface area contributed by atoms with Crippen LogP contribution in [0, 0.1) is 6.92 Å². The predicted octanol–water partition coefficient (Wildman–Crippen LogP) is 0.800. The molecule has 1 aromatic heterocycles. The molecule has 0 bridgehead atoms. The maximum Gasteiger partial charge on any atom is 0.294 e. The molecule has 2 rings (SSSR count). The van der Waals surface area contributed by atoms with Crippen LogP contribution in [-0.2, 0) is 16.7 Å². The van der Waals surface area contributed by atoms with Crippen LogP contribution >= 0.6 is 0 Å². The number of unbranched alkanes of at least 4 members (excludes halogenated alkanes) is 1. The molecule has 7 heteroatoms. The van der Waals surface area contributed by atoms with Crippen LogP contribution in [0.5, 0.6) is 0 Å². The van der Waals surface area contributed by atoms with Crippen LogP contribution in [0.1, 0.15) is 18.7 Å². The first-order valence-electron chi connectivity index (χ1n) is 6.03. The van der Waals surface area contributed by atoms with Crippen LogP contribution in [0.3, 0.4) is 0 Å². The molecule has 1 N–H and O–H groups in total. The van der Waals surface area contributed by atoms with Gasteiger partial charge in [-0.25, -0.2) is 13.0 Å². The summed E-state index contributed by atoms with van der Waals surface area (Å²) in [5.41, 5.74) is 1.59. The minimum absolute atomic E-state index is 0.323. The first kappa shape index (κ1) is 13.8. The molecule has 0 radical (unpaired) electrons. The van der Waals surface area contributed by atoms with Gasteiger partial charge >= 0.3 is 0 Å². The van der Waals surface area contributed by atoms with Gasteiger partial charge in [-0.05, 0) is 29.7 Å². The molecule has 6 nitrogen and oxygen atoms in total. The van der Waals surface area contributed by atoms with Crippen molar-refractivity contribution in [3.05, 3.63) is 30.1 Å². The van der Waals surface area contributed by atoms with Crippen molar-refractivity contribution in [1.82, 2.24) is 4.73 Å². The Hall–Kier alpha value is -1.60. The number of nitrogens with zero attached hydrogens (tertiary/aromatic N) is 2. The lowest BCUT2D eigenvalue weighted by Gasteiger charge is -2.05. The van der Waals surface area contributed by atoms with Gasteiger partial charge in [0.1, 0.15) is 0 Å². The second kappa shape index (κ2) is 5.18. The second-order valence-electron chi connectivity index (χ2n) is 4.47. The van der Waals surface area contributed by atoms with E-state index in [0.717, 1.165) is 10.2 Å². The fraction of sp³-hybridized carbons (Fsp3) is 0.417. The number of aryl methyl sites for hydroxylation is 1. The Kier molecular flexibility index (Phi) is 3.77. The number of fused-ring (bicyclic) bond motifs is 1. The molecule has 1 heterocycles. The van der Waals surface area contributed by atoms with Gasteiger partial charge in [-0.2, -0.15) is 0 Å². The van der Waals surface area contributed by atoms with Crippen LogP contribution in [0.15, 0.2) is 24.3 Å². The van der Waals surface area contributed by atoms with Gasteiger partial charge in [-0.1, -0.05) is 12.1 Å². The first-order chi connectivity index (χ1) is 8.90. The Balaban J connectivity index is 2.15. The van der Waals surface area contributed by atoms with Gasteiger partial charge in [0, 0.05) is 12.7 Å². The Morgan fingerprint density at radius 3 is 2.68 bits per heavy atom. The van der Waals surface area contributed by atoms with Gasteiger partial charge < -0.3 is 9.76 Å². The van der Waals surface area contributed by atoms with E-state index < -0.39 is 10.1 Å². The van der Waals surface area contributed by atoms with E-state index in [0.29, 0.717) is 30.7 Å². The highest BCUT2D eigenvalue weighted by Gasteiger charge is 2.20. The summed E-state index contributed by atoms with van der Waals surface area (Å²) in [5.74, 6) is 0.330. The summed E-state index contributed by atoms with van der Waals surface area (Å²) in [7, 11) is -4.14. The van der Waals surface area contributed by atoms with Crippen molar-refractivity contribution in [3.8, 4) is 0 Å². The van der Waals surface area contributed by atoms with Crippen LogP contribution in [-0.4, -0.2) is 28.7 Å². The molecule has 0 spiro atoms. The molecule has 0 amide bonds. The molecule has 0 unspecified atom stereocenters. The van der Waals surface area contributed by atoms with Crippen molar-refractivity contribution in [2.75, 3.05) is 5.75 Å². The molecule has 104 valence electrons. The van der Waals surface area contributed by atoms with E-state index in [1.54, 1.807) is 13.0 Å². The second-order valence-corrected chi connectivity index (χ2v) is 5.99. The molecule has 1 aromatic carbocycles. The predicted molar refractivity (Wildman–Crippen MR) is 67.9 cm³/mol. The highest BCUT2D eigenvalue weighted by Crippen LogP contribution is 2.12.